The van der Waals surface area contributed by atoms with Crippen molar-refractivity contribution in [2.45, 2.75) is 71.2 Å². The van der Waals surface area contributed by atoms with Gasteiger partial charge in [-0.25, -0.2) is 4.79 Å². The molecule has 0 bridgehead atoms. The molecule has 126 valence electrons. The van der Waals surface area contributed by atoms with Crippen LogP contribution in [-0.2, 0) is 19.1 Å². The molecular weight excluding hydrogens is 284 g/mol. The summed E-state index contributed by atoms with van der Waals surface area (Å²) >= 11 is 0. The second kappa shape index (κ2) is 8.90. The number of nitrogens with one attached hydrogen (secondary N) is 1. The molecule has 3 N–H and O–H groups in total. The van der Waals surface area contributed by atoms with E-state index in [9.17, 15) is 9.59 Å². The third-order valence-electron chi connectivity index (χ3n) is 3.84. The standard InChI is InChI=1S/C16H28N2O4/c1-5-12(6-2)22-14-9-11(16(20)21-7-3)8-13(15(14)17)18-10(4)19/h9,12-15H,5-8,17H2,1-4H3,(H,18,19)/t13-,14-,15+/m0/s1. The highest BCUT2D eigenvalue weighted by Crippen LogP contribution is 2.23. The molecule has 0 heterocycles. The van der Waals surface area contributed by atoms with Crippen molar-refractivity contribution in [1.82, 2.24) is 5.32 Å². The van der Waals surface area contributed by atoms with E-state index in [0.29, 0.717) is 18.6 Å². The van der Waals surface area contributed by atoms with Crippen molar-refractivity contribution in [2.75, 3.05) is 6.61 Å². The number of carbonyl (C=O) groups excluding carboxylic acids is 2. The minimum absolute atomic E-state index is 0.0758. The fraction of sp³-hybridized carbons (Fsp3) is 0.750. The number of rotatable bonds is 7. The van der Waals surface area contributed by atoms with Gasteiger partial charge in [0.25, 0.3) is 0 Å². The maximum Gasteiger partial charge on any atom is 0.333 e. The van der Waals surface area contributed by atoms with Crippen LogP contribution in [0.1, 0.15) is 47.0 Å². The number of hydrogen-bond donors (Lipinski definition) is 2. The second-order valence-electron chi connectivity index (χ2n) is 5.54. The first-order valence-corrected chi connectivity index (χ1v) is 7.98. The van der Waals surface area contributed by atoms with Gasteiger partial charge in [0.15, 0.2) is 0 Å². The Morgan fingerprint density at radius 2 is 2.00 bits per heavy atom. The molecule has 0 saturated carbocycles. The van der Waals surface area contributed by atoms with E-state index in [1.165, 1.54) is 6.92 Å². The Labute approximate surface area is 132 Å². The van der Waals surface area contributed by atoms with Crippen molar-refractivity contribution >= 4 is 11.9 Å². The van der Waals surface area contributed by atoms with Crippen molar-refractivity contribution in [1.29, 1.82) is 0 Å². The second-order valence-corrected chi connectivity index (χ2v) is 5.54. The highest BCUT2D eigenvalue weighted by atomic mass is 16.5. The molecule has 0 fully saturated rings. The summed E-state index contributed by atoms with van der Waals surface area (Å²) in [5.74, 6) is -0.547. The molecule has 1 amide bonds. The van der Waals surface area contributed by atoms with E-state index in [1.54, 1.807) is 13.0 Å². The van der Waals surface area contributed by atoms with Gasteiger partial charge in [0, 0.05) is 18.9 Å². The molecule has 1 rings (SSSR count). The van der Waals surface area contributed by atoms with Crippen LogP contribution in [-0.4, -0.2) is 42.8 Å². The molecule has 0 aliphatic heterocycles. The molecule has 0 unspecified atom stereocenters. The SMILES string of the molecule is CCOC(=O)C1=C[C@H](OC(CC)CC)[C@H](N)[C@@H](NC(C)=O)C1. The Morgan fingerprint density at radius 3 is 2.50 bits per heavy atom. The topological polar surface area (TPSA) is 90.7 Å². The van der Waals surface area contributed by atoms with E-state index in [2.05, 4.69) is 5.32 Å². The lowest BCUT2D eigenvalue weighted by Gasteiger charge is -2.36. The van der Waals surface area contributed by atoms with Crippen molar-refractivity contribution in [3.05, 3.63) is 11.6 Å². The monoisotopic (exact) mass is 312 g/mol. The summed E-state index contributed by atoms with van der Waals surface area (Å²) in [5.41, 5.74) is 6.74. The summed E-state index contributed by atoms with van der Waals surface area (Å²) in [6, 6.07) is -0.719. The molecule has 0 spiro atoms. The highest BCUT2D eigenvalue weighted by molar-refractivity contribution is 5.89. The van der Waals surface area contributed by atoms with Crippen LogP contribution in [0.15, 0.2) is 11.6 Å². The molecule has 22 heavy (non-hydrogen) atoms. The predicted molar refractivity (Wildman–Crippen MR) is 84.2 cm³/mol. The number of ether oxygens (including phenoxy) is 2. The van der Waals surface area contributed by atoms with Gasteiger partial charge in [-0.05, 0) is 25.8 Å². The van der Waals surface area contributed by atoms with Crippen LogP contribution in [0.5, 0.6) is 0 Å². The molecule has 0 aromatic rings. The van der Waals surface area contributed by atoms with Gasteiger partial charge in [0.05, 0.1) is 30.9 Å². The van der Waals surface area contributed by atoms with E-state index in [-0.39, 0.29) is 30.1 Å². The summed E-state index contributed by atoms with van der Waals surface area (Å²) in [4.78, 5) is 23.4. The van der Waals surface area contributed by atoms with Crippen LogP contribution in [0.2, 0.25) is 0 Å². The molecule has 6 heteroatoms. The van der Waals surface area contributed by atoms with Gasteiger partial charge in [-0.3, -0.25) is 4.79 Å². The zero-order valence-corrected chi connectivity index (χ0v) is 13.9. The van der Waals surface area contributed by atoms with Gasteiger partial charge < -0.3 is 20.5 Å². The first kappa shape index (κ1) is 18.6. The third kappa shape index (κ3) is 5.10. The number of nitrogens with two attached hydrogens (primary N) is 1. The molecule has 0 saturated heterocycles. The Bertz CT molecular complexity index is 418. The third-order valence-corrected chi connectivity index (χ3v) is 3.84. The molecule has 0 aromatic carbocycles. The van der Waals surface area contributed by atoms with Crippen LogP contribution in [0.25, 0.3) is 0 Å². The zero-order valence-electron chi connectivity index (χ0n) is 13.9. The predicted octanol–water partition coefficient (Wildman–Crippen LogP) is 1.29. The fourth-order valence-corrected chi connectivity index (χ4v) is 2.60. The van der Waals surface area contributed by atoms with Gasteiger partial charge in [0.1, 0.15) is 0 Å². The zero-order chi connectivity index (χ0) is 16.7. The Hall–Kier alpha value is -1.40. The molecule has 1 aliphatic carbocycles. The maximum absolute atomic E-state index is 12.0. The summed E-state index contributed by atoms with van der Waals surface area (Å²) < 4.78 is 11.1. The lowest BCUT2D eigenvalue weighted by atomic mass is 9.88. The van der Waals surface area contributed by atoms with Crippen LogP contribution < -0.4 is 11.1 Å². The quantitative estimate of drug-likeness (QED) is 0.691. The average molecular weight is 312 g/mol. The summed E-state index contributed by atoms with van der Waals surface area (Å²) in [6.07, 6.45) is 3.52. The number of hydrogen-bond acceptors (Lipinski definition) is 5. The molecular formula is C16H28N2O4. The molecule has 0 radical (unpaired) electrons. The number of esters is 1. The van der Waals surface area contributed by atoms with Gasteiger partial charge in [-0.2, -0.15) is 0 Å². The summed E-state index contributed by atoms with van der Waals surface area (Å²) in [6.45, 7) is 7.60. The Morgan fingerprint density at radius 1 is 1.36 bits per heavy atom. The van der Waals surface area contributed by atoms with E-state index < -0.39 is 6.10 Å². The van der Waals surface area contributed by atoms with Gasteiger partial charge in [-0.15, -0.1) is 0 Å². The molecule has 1 aliphatic rings. The molecule has 0 aromatic heterocycles. The van der Waals surface area contributed by atoms with E-state index in [4.69, 9.17) is 15.2 Å². The summed E-state index contributed by atoms with van der Waals surface area (Å²) in [7, 11) is 0. The van der Waals surface area contributed by atoms with Crippen LogP contribution >= 0.6 is 0 Å². The van der Waals surface area contributed by atoms with Crippen LogP contribution in [0.3, 0.4) is 0 Å². The number of amides is 1. The Balaban J connectivity index is 2.95. The highest BCUT2D eigenvalue weighted by Gasteiger charge is 2.35. The average Bonchev–Trinajstić information content (AvgIpc) is 2.47. The van der Waals surface area contributed by atoms with Crippen LogP contribution in [0.4, 0.5) is 0 Å². The van der Waals surface area contributed by atoms with Crippen molar-refractivity contribution in [3.63, 3.8) is 0 Å². The molecule has 6 nitrogen and oxygen atoms in total. The Kier molecular flexibility index (Phi) is 7.55. The van der Waals surface area contributed by atoms with E-state index in [0.717, 1.165) is 12.8 Å². The van der Waals surface area contributed by atoms with Gasteiger partial charge >= 0.3 is 5.97 Å². The van der Waals surface area contributed by atoms with Crippen LogP contribution in [0, 0.1) is 0 Å². The van der Waals surface area contributed by atoms with E-state index >= 15 is 0 Å². The minimum Gasteiger partial charge on any atom is -0.463 e. The van der Waals surface area contributed by atoms with E-state index in [1.807, 2.05) is 13.8 Å². The van der Waals surface area contributed by atoms with Gasteiger partial charge in [0.2, 0.25) is 5.91 Å². The lowest BCUT2D eigenvalue weighted by molar-refractivity contribution is -0.139. The smallest absolute Gasteiger partial charge is 0.333 e. The summed E-state index contributed by atoms with van der Waals surface area (Å²) in [5, 5.41) is 2.81. The van der Waals surface area contributed by atoms with Crippen molar-refractivity contribution < 1.29 is 19.1 Å². The van der Waals surface area contributed by atoms with Crippen molar-refractivity contribution in [3.8, 4) is 0 Å². The van der Waals surface area contributed by atoms with Gasteiger partial charge in [-0.1, -0.05) is 13.8 Å². The lowest BCUT2D eigenvalue weighted by Crippen LogP contribution is -2.56. The molecule has 3 atom stereocenters. The van der Waals surface area contributed by atoms with Crippen molar-refractivity contribution in [2.24, 2.45) is 5.73 Å². The first-order chi connectivity index (χ1) is 10.4. The fourth-order valence-electron chi connectivity index (χ4n) is 2.60. The number of carbonyl (C=O) groups is 2. The normalized spacial score (nSPS) is 24.8. The first-order valence-electron chi connectivity index (χ1n) is 7.98. The minimum atomic E-state index is -0.407. The maximum atomic E-state index is 12.0. The largest absolute Gasteiger partial charge is 0.463 e.